The van der Waals surface area contributed by atoms with Crippen molar-refractivity contribution >= 4 is 17.2 Å². The smallest absolute Gasteiger partial charge is 0.258 e. The van der Waals surface area contributed by atoms with Gasteiger partial charge < -0.3 is 9.73 Å². The normalized spacial score (nSPS) is 12.1. The summed E-state index contributed by atoms with van der Waals surface area (Å²) in [5, 5.41) is 13.0. The predicted molar refractivity (Wildman–Crippen MR) is 98.4 cm³/mol. The number of thiophene rings is 1. The number of hydrogen-bond donors (Lipinski definition) is 1. The van der Waals surface area contributed by atoms with Gasteiger partial charge in [-0.25, -0.2) is 0 Å². The van der Waals surface area contributed by atoms with Crippen molar-refractivity contribution in [3.8, 4) is 10.8 Å². The molecule has 0 saturated carbocycles. The number of nitrogens with one attached hydrogen (secondary N) is 1. The molecule has 0 fully saturated rings. The largest absolute Gasteiger partial charge is 0.419 e. The molecule has 0 aliphatic heterocycles. The third-order valence-corrected chi connectivity index (χ3v) is 4.96. The van der Waals surface area contributed by atoms with Gasteiger partial charge in [-0.2, -0.15) is 0 Å². The van der Waals surface area contributed by atoms with Crippen LogP contribution in [0.25, 0.3) is 10.8 Å². The maximum atomic E-state index is 12.2. The molecule has 25 heavy (non-hydrogen) atoms. The average Bonchev–Trinajstić information content (AvgIpc) is 3.22. The lowest BCUT2D eigenvalue weighted by Crippen LogP contribution is -2.34. The van der Waals surface area contributed by atoms with Gasteiger partial charge in [0.25, 0.3) is 5.89 Å². The fourth-order valence-corrected chi connectivity index (χ4v) is 3.42. The second-order valence-corrected chi connectivity index (χ2v) is 7.02. The third kappa shape index (κ3) is 4.76. The maximum Gasteiger partial charge on any atom is 0.258 e. The maximum absolute atomic E-state index is 12.2. The van der Waals surface area contributed by atoms with E-state index in [-0.39, 0.29) is 18.4 Å². The van der Waals surface area contributed by atoms with Gasteiger partial charge in [0.2, 0.25) is 11.8 Å². The Hall–Kier alpha value is -2.47. The number of aryl methyl sites for hydroxylation is 2. The summed E-state index contributed by atoms with van der Waals surface area (Å²) in [6.07, 6.45) is 1.93. The monoisotopic (exact) mass is 355 g/mol. The zero-order valence-corrected chi connectivity index (χ0v) is 15.2. The minimum atomic E-state index is -0.0985. The zero-order valence-electron chi connectivity index (χ0n) is 14.4. The molecule has 0 aliphatic rings. The van der Waals surface area contributed by atoms with Crippen molar-refractivity contribution in [2.24, 2.45) is 0 Å². The molecule has 2 aromatic heterocycles. The van der Waals surface area contributed by atoms with Crippen LogP contribution in [0.5, 0.6) is 0 Å². The molecule has 1 N–H and O–H groups in total. The van der Waals surface area contributed by atoms with E-state index in [9.17, 15) is 4.79 Å². The van der Waals surface area contributed by atoms with Gasteiger partial charge in [0.1, 0.15) is 6.42 Å². The van der Waals surface area contributed by atoms with Crippen molar-refractivity contribution in [1.29, 1.82) is 0 Å². The van der Waals surface area contributed by atoms with E-state index in [1.165, 1.54) is 5.56 Å². The summed E-state index contributed by atoms with van der Waals surface area (Å²) >= 11 is 1.55. The highest BCUT2D eigenvalue weighted by atomic mass is 32.1. The zero-order chi connectivity index (χ0) is 17.6. The minimum Gasteiger partial charge on any atom is -0.419 e. The van der Waals surface area contributed by atoms with Crippen LogP contribution in [0, 0.1) is 6.92 Å². The molecule has 0 unspecified atom stereocenters. The van der Waals surface area contributed by atoms with E-state index in [0.29, 0.717) is 11.8 Å². The summed E-state index contributed by atoms with van der Waals surface area (Å²) in [5.41, 5.74) is 2.37. The lowest BCUT2D eigenvalue weighted by molar-refractivity contribution is -0.121. The molecule has 6 heteroatoms. The molecular weight excluding hydrogens is 334 g/mol. The predicted octanol–water partition coefficient (Wildman–Crippen LogP) is 3.79. The van der Waals surface area contributed by atoms with Gasteiger partial charge in [-0.3, -0.25) is 4.79 Å². The number of benzene rings is 1. The first-order valence-corrected chi connectivity index (χ1v) is 9.20. The lowest BCUT2D eigenvalue weighted by atomic mass is 10.1. The molecule has 3 rings (SSSR count). The first-order valence-electron chi connectivity index (χ1n) is 8.32. The van der Waals surface area contributed by atoms with Gasteiger partial charge in [0.15, 0.2) is 0 Å². The lowest BCUT2D eigenvalue weighted by Gasteiger charge is -2.13. The molecule has 1 aromatic carbocycles. The Morgan fingerprint density at radius 3 is 2.76 bits per heavy atom. The number of carbonyl (C=O) groups is 1. The minimum absolute atomic E-state index is 0.0923. The number of nitrogens with zero attached hydrogens (tertiary/aromatic N) is 2. The molecule has 0 aliphatic carbocycles. The van der Waals surface area contributed by atoms with E-state index in [1.54, 1.807) is 11.3 Å². The fourth-order valence-electron chi connectivity index (χ4n) is 2.57. The molecule has 1 amide bonds. The van der Waals surface area contributed by atoms with Gasteiger partial charge in [-0.05, 0) is 49.3 Å². The van der Waals surface area contributed by atoms with Gasteiger partial charge in [0, 0.05) is 6.04 Å². The molecule has 3 aromatic rings. The summed E-state index contributed by atoms with van der Waals surface area (Å²) in [6, 6.07) is 12.4. The van der Waals surface area contributed by atoms with E-state index in [2.05, 4.69) is 27.6 Å². The van der Waals surface area contributed by atoms with E-state index in [1.807, 2.05) is 43.5 Å². The molecule has 0 radical (unpaired) electrons. The molecule has 0 saturated heterocycles. The molecule has 0 bridgehead atoms. The Labute approximate surface area is 151 Å². The summed E-state index contributed by atoms with van der Waals surface area (Å²) in [6.45, 7) is 4.01. The average molecular weight is 355 g/mol. The Balaban J connectivity index is 1.49. The van der Waals surface area contributed by atoms with Crippen molar-refractivity contribution in [2.75, 3.05) is 0 Å². The van der Waals surface area contributed by atoms with Gasteiger partial charge in [0.05, 0.1) is 4.88 Å². The van der Waals surface area contributed by atoms with Crippen molar-refractivity contribution in [2.45, 2.75) is 39.2 Å². The van der Waals surface area contributed by atoms with Gasteiger partial charge >= 0.3 is 0 Å². The van der Waals surface area contributed by atoms with Crippen LogP contribution in [-0.4, -0.2) is 22.1 Å². The van der Waals surface area contributed by atoms with E-state index < -0.39 is 0 Å². The second-order valence-electron chi connectivity index (χ2n) is 6.10. The van der Waals surface area contributed by atoms with Gasteiger partial charge in [-0.1, -0.05) is 30.3 Å². The number of carbonyl (C=O) groups excluding carboxylic acids is 1. The van der Waals surface area contributed by atoms with Crippen LogP contribution in [0.3, 0.4) is 0 Å². The number of aromatic nitrogens is 2. The highest BCUT2D eigenvalue weighted by Crippen LogP contribution is 2.27. The molecular formula is C19H21N3O2S. The Morgan fingerprint density at radius 1 is 1.24 bits per heavy atom. The summed E-state index contributed by atoms with van der Waals surface area (Å²) in [5.74, 6) is 0.724. The van der Waals surface area contributed by atoms with E-state index in [4.69, 9.17) is 4.42 Å². The SMILES string of the molecule is Cc1ccsc1-c1nnc(CC(=O)N[C@H](C)CCc2ccccc2)o1. The third-order valence-electron chi connectivity index (χ3n) is 3.95. The summed E-state index contributed by atoms with van der Waals surface area (Å²) in [4.78, 5) is 13.1. The number of hydrogen-bond acceptors (Lipinski definition) is 5. The Bertz CT molecular complexity index is 826. The molecule has 1 atom stereocenters. The summed E-state index contributed by atoms with van der Waals surface area (Å²) in [7, 11) is 0. The number of amides is 1. The first kappa shape index (κ1) is 17.4. The van der Waals surface area contributed by atoms with E-state index >= 15 is 0 Å². The van der Waals surface area contributed by atoms with Crippen LogP contribution >= 0.6 is 11.3 Å². The Kier molecular flexibility index (Phi) is 5.60. The standard InChI is InChI=1S/C19H21N3O2S/c1-13-10-11-25-18(13)19-22-21-17(24-19)12-16(23)20-14(2)8-9-15-6-4-3-5-7-15/h3-7,10-11,14H,8-9,12H2,1-2H3,(H,20,23)/t14-/m1/s1. The van der Waals surface area contributed by atoms with Crippen LogP contribution in [0.4, 0.5) is 0 Å². The topological polar surface area (TPSA) is 68.0 Å². The van der Waals surface area contributed by atoms with Crippen LogP contribution < -0.4 is 5.32 Å². The van der Waals surface area contributed by atoms with Crippen molar-refractivity contribution in [3.05, 3.63) is 58.8 Å². The molecule has 2 heterocycles. The van der Waals surface area contributed by atoms with Crippen molar-refractivity contribution in [1.82, 2.24) is 15.5 Å². The van der Waals surface area contributed by atoms with Crippen molar-refractivity contribution in [3.63, 3.8) is 0 Å². The molecule has 5 nitrogen and oxygen atoms in total. The first-order chi connectivity index (χ1) is 12.1. The van der Waals surface area contributed by atoms with Crippen LogP contribution in [-0.2, 0) is 17.6 Å². The molecule has 130 valence electrons. The highest BCUT2D eigenvalue weighted by Gasteiger charge is 2.15. The van der Waals surface area contributed by atoms with Crippen LogP contribution in [0.2, 0.25) is 0 Å². The quantitative estimate of drug-likeness (QED) is 0.700. The fraction of sp³-hybridized carbons (Fsp3) is 0.316. The Morgan fingerprint density at radius 2 is 2.04 bits per heavy atom. The van der Waals surface area contributed by atoms with Crippen molar-refractivity contribution < 1.29 is 9.21 Å². The number of rotatable bonds is 7. The van der Waals surface area contributed by atoms with E-state index in [0.717, 1.165) is 23.3 Å². The molecule has 0 spiro atoms. The van der Waals surface area contributed by atoms with Crippen LogP contribution in [0.15, 0.2) is 46.2 Å². The second kappa shape index (κ2) is 8.07. The summed E-state index contributed by atoms with van der Waals surface area (Å²) < 4.78 is 5.62. The van der Waals surface area contributed by atoms with Crippen LogP contribution in [0.1, 0.15) is 30.4 Å². The highest BCUT2D eigenvalue weighted by molar-refractivity contribution is 7.13. The van der Waals surface area contributed by atoms with Gasteiger partial charge in [-0.15, -0.1) is 21.5 Å².